The van der Waals surface area contributed by atoms with Gasteiger partial charge in [-0.3, -0.25) is 9.71 Å². The largest absolute Gasteiger partial charge is 0.478 e. The summed E-state index contributed by atoms with van der Waals surface area (Å²) in [7, 11) is -2.63. The molecule has 0 saturated heterocycles. The van der Waals surface area contributed by atoms with Crippen molar-refractivity contribution in [1.29, 1.82) is 0 Å². The fourth-order valence-electron chi connectivity index (χ4n) is 2.83. The van der Waals surface area contributed by atoms with Crippen molar-refractivity contribution in [3.8, 4) is 17.0 Å². The molecule has 30 heavy (non-hydrogen) atoms. The molecule has 0 fully saturated rings. The Morgan fingerprint density at radius 3 is 2.73 bits per heavy atom. The zero-order valence-corrected chi connectivity index (χ0v) is 17.5. The maximum atomic E-state index is 13.2. The number of sulfonamides is 1. The van der Waals surface area contributed by atoms with Crippen LogP contribution in [0.2, 0.25) is 0 Å². The van der Waals surface area contributed by atoms with Gasteiger partial charge in [-0.05, 0) is 24.1 Å². The van der Waals surface area contributed by atoms with Crippen molar-refractivity contribution in [2.45, 2.75) is 18.4 Å². The normalized spacial score (nSPS) is 11.1. The van der Waals surface area contributed by atoms with Gasteiger partial charge in [0, 0.05) is 18.0 Å². The molecule has 0 atom stereocenters. The molecule has 1 N–H and O–H groups in total. The van der Waals surface area contributed by atoms with E-state index < -0.39 is 10.0 Å². The fraction of sp³-hybridized carbons (Fsp3) is 0.190. The molecule has 2 heterocycles. The van der Waals surface area contributed by atoms with Gasteiger partial charge in [0.05, 0.1) is 32.2 Å². The molecule has 0 aliphatic rings. The molecular formula is C21H22N4O4S. The van der Waals surface area contributed by atoms with Crippen LogP contribution >= 0.6 is 0 Å². The van der Waals surface area contributed by atoms with Crippen LogP contribution in [-0.4, -0.2) is 37.1 Å². The van der Waals surface area contributed by atoms with Crippen LogP contribution in [0.15, 0.2) is 66.5 Å². The van der Waals surface area contributed by atoms with E-state index in [1.165, 1.54) is 19.5 Å². The van der Waals surface area contributed by atoms with Crippen LogP contribution in [0.25, 0.3) is 11.1 Å². The van der Waals surface area contributed by atoms with E-state index in [-0.39, 0.29) is 16.6 Å². The van der Waals surface area contributed by atoms with E-state index in [0.29, 0.717) is 24.5 Å². The van der Waals surface area contributed by atoms with Crippen molar-refractivity contribution in [2.75, 3.05) is 18.4 Å². The minimum atomic E-state index is -4.03. The summed E-state index contributed by atoms with van der Waals surface area (Å²) in [6.07, 6.45) is 5.96. The standard InChI is InChI=1S/C21H22N4O4S/c1-4-11-29-14-16-7-5-6-8-17(16)18-9-10-22-13-19(18)30(26,27)25-20-21(28-3)24-15(2)12-23-20/h4-10,12-13H,1,11,14H2,2-3H3,(H,23,25). The summed E-state index contributed by atoms with van der Waals surface area (Å²) in [5, 5.41) is 0. The molecule has 0 radical (unpaired) electrons. The highest BCUT2D eigenvalue weighted by Gasteiger charge is 2.23. The monoisotopic (exact) mass is 426 g/mol. The van der Waals surface area contributed by atoms with Crippen molar-refractivity contribution < 1.29 is 17.9 Å². The van der Waals surface area contributed by atoms with Crippen LogP contribution in [-0.2, 0) is 21.4 Å². The minimum Gasteiger partial charge on any atom is -0.478 e. The third-order valence-electron chi connectivity index (χ3n) is 4.16. The lowest BCUT2D eigenvalue weighted by Crippen LogP contribution is -2.17. The molecule has 0 amide bonds. The Bertz CT molecular complexity index is 1150. The maximum Gasteiger partial charge on any atom is 0.265 e. The van der Waals surface area contributed by atoms with E-state index >= 15 is 0 Å². The van der Waals surface area contributed by atoms with Crippen molar-refractivity contribution in [3.05, 3.63) is 72.8 Å². The van der Waals surface area contributed by atoms with Crippen LogP contribution in [0.3, 0.4) is 0 Å². The van der Waals surface area contributed by atoms with E-state index in [4.69, 9.17) is 9.47 Å². The Balaban J connectivity index is 2.03. The number of hydrogen-bond donors (Lipinski definition) is 1. The van der Waals surface area contributed by atoms with Crippen LogP contribution in [0, 0.1) is 6.92 Å². The van der Waals surface area contributed by atoms with Gasteiger partial charge in [0.15, 0.2) is 0 Å². The van der Waals surface area contributed by atoms with Crippen molar-refractivity contribution >= 4 is 15.8 Å². The van der Waals surface area contributed by atoms with Gasteiger partial charge in [0.25, 0.3) is 15.9 Å². The summed E-state index contributed by atoms with van der Waals surface area (Å²) in [6, 6.07) is 9.09. The van der Waals surface area contributed by atoms with E-state index in [2.05, 4.69) is 26.3 Å². The summed E-state index contributed by atoms with van der Waals surface area (Å²) < 4.78 is 39.6. The first-order valence-electron chi connectivity index (χ1n) is 9.07. The highest BCUT2D eigenvalue weighted by molar-refractivity contribution is 7.92. The quantitative estimate of drug-likeness (QED) is 0.413. The molecule has 156 valence electrons. The van der Waals surface area contributed by atoms with Crippen molar-refractivity contribution in [2.24, 2.45) is 0 Å². The molecule has 9 heteroatoms. The third-order valence-corrected chi connectivity index (χ3v) is 5.53. The molecule has 0 aliphatic heterocycles. The highest BCUT2D eigenvalue weighted by atomic mass is 32.2. The van der Waals surface area contributed by atoms with Crippen LogP contribution < -0.4 is 9.46 Å². The van der Waals surface area contributed by atoms with E-state index in [0.717, 1.165) is 11.1 Å². The molecule has 0 aliphatic carbocycles. The Labute approximate surface area is 175 Å². The summed E-state index contributed by atoms with van der Waals surface area (Å²) in [6.45, 7) is 6.08. The number of anilines is 1. The number of benzene rings is 1. The predicted octanol–water partition coefficient (Wildman–Crippen LogP) is 3.36. The van der Waals surface area contributed by atoms with Gasteiger partial charge < -0.3 is 9.47 Å². The van der Waals surface area contributed by atoms with Gasteiger partial charge in [-0.25, -0.2) is 18.4 Å². The number of rotatable bonds is 9. The zero-order valence-electron chi connectivity index (χ0n) is 16.7. The smallest absolute Gasteiger partial charge is 0.265 e. The third kappa shape index (κ3) is 4.81. The second kappa shape index (κ2) is 9.47. The van der Waals surface area contributed by atoms with E-state index in [1.807, 2.05) is 24.3 Å². The summed E-state index contributed by atoms with van der Waals surface area (Å²) >= 11 is 0. The Morgan fingerprint density at radius 1 is 1.17 bits per heavy atom. The summed E-state index contributed by atoms with van der Waals surface area (Å²) in [5.41, 5.74) is 2.67. The average molecular weight is 426 g/mol. The van der Waals surface area contributed by atoms with Gasteiger partial charge in [0.1, 0.15) is 4.90 Å². The number of ether oxygens (including phenoxy) is 2. The zero-order chi connectivity index (χ0) is 21.6. The number of hydrogen-bond acceptors (Lipinski definition) is 7. The molecule has 1 aromatic carbocycles. The van der Waals surface area contributed by atoms with Crippen LogP contribution in [0.4, 0.5) is 5.82 Å². The molecule has 0 spiro atoms. The second-order valence-corrected chi connectivity index (χ2v) is 7.96. The first-order valence-corrected chi connectivity index (χ1v) is 10.6. The minimum absolute atomic E-state index is 0.000467. The molecule has 3 rings (SSSR count). The average Bonchev–Trinajstić information content (AvgIpc) is 2.75. The van der Waals surface area contributed by atoms with Crippen LogP contribution in [0.5, 0.6) is 5.88 Å². The molecule has 3 aromatic rings. The SMILES string of the molecule is C=CCOCc1ccccc1-c1ccncc1S(=O)(=O)Nc1ncc(C)nc1OC. The molecule has 0 saturated carbocycles. The Morgan fingerprint density at radius 2 is 1.97 bits per heavy atom. The molecular weight excluding hydrogens is 404 g/mol. The predicted molar refractivity (Wildman–Crippen MR) is 114 cm³/mol. The van der Waals surface area contributed by atoms with Crippen molar-refractivity contribution in [1.82, 2.24) is 15.0 Å². The highest BCUT2D eigenvalue weighted by Crippen LogP contribution is 2.31. The molecule has 8 nitrogen and oxygen atoms in total. The number of aryl methyl sites for hydroxylation is 1. The van der Waals surface area contributed by atoms with Gasteiger partial charge in [-0.15, -0.1) is 6.58 Å². The summed E-state index contributed by atoms with van der Waals surface area (Å²) in [4.78, 5) is 12.3. The van der Waals surface area contributed by atoms with Gasteiger partial charge >= 0.3 is 0 Å². The lowest BCUT2D eigenvalue weighted by atomic mass is 10.0. The topological polar surface area (TPSA) is 103 Å². The number of nitrogens with one attached hydrogen (secondary N) is 1. The number of aromatic nitrogens is 3. The fourth-order valence-corrected chi connectivity index (χ4v) is 4.00. The number of methoxy groups -OCH3 is 1. The van der Waals surface area contributed by atoms with E-state index in [1.54, 1.807) is 25.3 Å². The summed E-state index contributed by atoms with van der Waals surface area (Å²) in [5.74, 6) is 0.0859. The Hall–Kier alpha value is -3.30. The van der Waals surface area contributed by atoms with Gasteiger partial charge in [-0.2, -0.15) is 0 Å². The number of nitrogens with zero attached hydrogens (tertiary/aromatic N) is 3. The van der Waals surface area contributed by atoms with Gasteiger partial charge in [-0.1, -0.05) is 30.3 Å². The number of pyridine rings is 1. The molecule has 0 bridgehead atoms. The second-order valence-electron chi connectivity index (χ2n) is 6.31. The maximum absolute atomic E-state index is 13.2. The lowest BCUT2D eigenvalue weighted by molar-refractivity contribution is 0.149. The molecule has 2 aromatic heterocycles. The van der Waals surface area contributed by atoms with Crippen LogP contribution in [0.1, 0.15) is 11.3 Å². The van der Waals surface area contributed by atoms with Crippen molar-refractivity contribution in [3.63, 3.8) is 0 Å². The first-order chi connectivity index (χ1) is 14.5. The lowest BCUT2D eigenvalue weighted by Gasteiger charge is -2.15. The molecule has 0 unspecified atom stereocenters. The van der Waals surface area contributed by atoms with E-state index in [9.17, 15) is 8.42 Å². The Kier molecular flexibility index (Phi) is 6.76. The van der Waals surface area contributed by atoms with Gasteiger partial charge in [0.2, 0.25) is 5.82 Å². The first kappa shape index (κ1) is 21.4.